The van der Waals surface area contributed by atoms with E-state index in [1.54, 1.807) is 6.07 Å². The molecule has 0 amide bonds. The van der Waals surface area contributed by atoms with Gasteiger partial charge in [-0.15, -0.1) is 4.91 Å². The van der Waals surface area contributed by atoms with Crippen molar-refractivity contribution in [2.24, 2.45) is 5.18 Å². The van der Waals surface area contributed by atoms with Gasteiger partial charge in [-0.05, 0) is 38.1 Å². The highest BCUT2D eigenvalue weighted by molar-refractivity contribution is 5.61. The van der Waals surface area contributed by atoms with Crippen molar-refractivity contribution in [3.05, 3.63) is 23.1 Å². The molecule has 0 aliphatic rings. The van der Waals surface area contributed by atoms with Gasteiger partial charge in [0.25, 0.3) is 0 Å². The summed E-state index contributed by atoms with van der Waals surface area (Å²) in [7, 11) is 0. The average molecular weight is 222 g/mol. The van der Waals surface area contributed by atoms with Crippen LogP contribution in [0.25, 0.3) is 0 Å². The lowest BCUT2D eigenvalue weighted by Crippen LogP contribution is -2.21. The Labute approximate surface area is 96.2 Å². The second kappa shape index (κ2) is 6.10. The largest absolute Gasteiger partial charge is 0.491 e. The first-order chi connectivity index (χ1) is 7.76. The van der Waals surface area contributed by atoms with Crippen molar-refractivity contribution < 1.29 is 4.74 Å². The molecule has 4 nitrogen and oxygen atoms in total. The molecule has 0 saturated heterocycles. The molecule has 16 heavy (non-hydrogen) atoms. The first-order valence-electron chi connectivity index (χ1n) is 5.61. The summed E-state index contributed by atoms with van der Waals surface area (Å²) < 4.78 is 5.39. The predicted octanol–water partition coefficient (Wildman–Crippen LogP) is 3.33. The Balaban J connectivity index is 3.04. The van der Waals surface area contributed by atoms with Gasteiger partial charge in [0, 0.05) is 24.8 Å². The summed E-state index contributed by atoms with van der Waals surface area (Å²) in [5, 5.41) is 2.95. The van der Waals surface area contributed by atoms with Crippen LogP contribution >= 0.6 is 0 Å². The molecule has 88 valence electrons. The van der Waals surface area contributed by atoms with Gasteiger partial charge >= 0.3 is 0 Å². The van der Waals surface area contributed by atoms with Crippen molar-refractivity contribution in [2.45, 2.75) is 20.8 Å². The topological polar surface area (TPSA) is 41.9 Å². The fourth-order valence-electron chi connectivity index (χ4n) is 1.63. The van der Waals surface area contributed by atoms with Crippen LogP contribution in [-0.4, -0.2) is 19.7 Å². The van der Waals surface area contributed by atoms with Gasteiger partial charge in [0.15, 0.2) is 5.75 Å². The quantitative estimate of drug-likeness (QED) is 0.693. The van der Waals surface area contributed by atoms with Gasteiger partial charge in [0.1, 0.15) is 5.69 Å². The van der Waals surface area contributed by atoms with Crippen molar-refractivity contribution in [1.82, 2.24) is 0 Å². The molecule has 0 N–H and O–H groups in total. The maximum atomic E-state index is 10.6. The standard InChI is InChI=1S/C12H18N2O2/c1-4-14(5-2)10-7-8-11(13-15)12(9-10)16-6-3/h7-9H,4-6H2,1-3H3. The smallest absolute Gasteiger partial charge is 0.150 e. The van der Waals surface area contributed by atoms with Crippen molar-refractivity contribution >= 4 is 11.4 Å². The highest BCUT2D eigenvalue weighted by atomic mass is 16.5. The Bertz CT molecular complexity index is 349. The van der Waals surface area contributed by atoms with Crippen LogP contribution in [0, 0.1) is 4.91 Å². The van der Waals surface area contributed by atoms with Crippen LogP contribution in [0.15, 0.2) is 23.4 Å². The molecule has 0 aliphatic carbocycles. The molecule has 0 saturated carbocycles. The normalized spacial score (nSPS) is 9.94. The van der Waals surface area contributed by atoms with Crippen LogP contribution in [0.5, 0.6) is 5.75 Å². The van der Waals surface area contributed by atoms with Gasteiger partial charge in [-0.25, -0.2) is 0 Å². The maximum absolute atomic E-state index is 10.6. The van der Waals surface area contributed by atoms with Gasteiger partial charge in [0.2, 0.25) is 0 Å². The number of nitrogens with zero attached hydrogens (tertiary/aromatic N) is 2. The highest BCUT2D eigenvalue weighted by Gasteiger charge is 2.08. The SMILES string of the molecule is CCOc1cc(N(CC)CC)ccc1N=O. The fraction of sp³-hybridized carbons (Fsp3) is 0.500. The minimum Gasteiger partial charge on any atom is -0.491 e. The summed E-state index contributed by atoms with van der Waals surface area (Å²) in [4.78, 5) is 12.8. The first kappa shape index (κ1) is 12.5. The van der Waals surface area contributed by atoms with E-state index in [2.05, 4.69) is 23.9 Å². The average Bonchev–Trinajstić information content (AvgIpc) is 2.31. The summed E-state index contributed by atoms with van der Waals surface area (Å²) >= 11 is 0. The summed E-state index contributed by atoms with van der Waals surface area (Å²) in [5.74, 6) is 0.557. The molecule has 1 aromatic rings. The van der Waals surface area contributed by atoms with E-state index in [1.807, 2.05) is 19.1 Å². The Kier molecular flexibility index (Phi) is 4.76. The van der Waals surface area contributed by atoms with Crippen LogP contribution in [0.3, 0.4) is 0 Å². The number of ether oxygens (including phenoxy) is 1. The number of benzene rings is 1. The Morgan fingerprint density at radius 1 is 1.25 bits per heavy atom. The molecular weight excluding hydrogens is 204 g/mol. The number of hydrogen-bond acceptors (Lipinski definition) is 4. The third kappa shape index (κ3) is 2.72. The molecule has 0 radical (unpaired) electrons. The van der Waals surface area contributed by atoms with Crippen LogP contribution < -0.4 is 9.64 Å². The van der Waals surface area contributed by atoms with E-state index in [0.29, 0.717) is 18.0 Å². The zero-order chi connectivity index (χ0) is 12.0. The van der Waals surface area contributed by atoms with E-state index < -0.39 is 0 Å². The van der Waals surface area contributed by atoms with E-state index in [4.69, 9.17) is 4.74 Å². The maximum Gasteiger partial charge on any atom is 0.150 e. The van der Waals surface area contributed by atoms with Gasteiger partial charge in [-0.1, -0.05) is 0 Å². The van der Waals surface area contributed by atoms with Crippen molar-refractivity contribution in [1.29, 1.82) is 0 Å². The van der Waals surface area contributed by atoms with Crippen LogP contribution in [0.4, 0.5) is 11.4 Å². The van der Waals surface area contributed by atoms with Crippen molar-refractivity contribution in [3.8, 4) is 5.75 Å². The first-order valence-corrected chi connectivity index (χ1v) is 5.61. The van der Waals surface area contributed by atoms with Gasteiger partial charge in [-0.2, -0.15) is 0 Å². The summed E-state index contributed by atoms with van der Waals surface area (Å²) in [6.45, 7) is 8.46. The lowest BCUT2D eigenvalue weighted by atomic mass is 10.2. The summed E-state index contributed by atoms with van der Waals surface area (Å²) in [6.07, 6.45) is 0. The second-order valence-corrected chi connectivity index (χ2v) is 3.35. The third-order valence-corrected chi connectivity index (χ3v) is 2.47. The minimum absolute atomic E-state index is 0.359. The number of nitroso groups, excluding NO2 is 1. The summed E-state index contributed by atoms with van der Waals surface area (Å²) in [5.41, 5.74) is 1.42. The van der Waals surface area contributed by atoms with Gasteiger partial charge in [0.05, 0.1) is 6.61 Å². The molecular formula is C12H18N2O2. The Morgan fingerprint density at radius 2 is 1.94 bits per heavy atom. The van der Waals surface area contributed by atoms with E-state index in [0.717, 1.165) is 18.8 Å². The predicted molar refractivity (Wildman–Crippen MR) is 66.6 cm³/mol. The second-order valence-electron chi connectivity index (χ2n) is 3.35. The zero-order valence-electron chi connectivity index (χ0n) is 10.1. The van der Waals surface area contributed by atoms with Crippen molar-refractivity contribution in [3.63, 3.8) is 0 Å². The van der Waals surface area contributed by atoms with E-state index in [1.165, 1.54) is 0 Å². The Morgan fingerprint density at radius 3 is 2.44 bits per heavy atom. The number of anilines is 1. The zero-order valence-corrected chi connectivity index (χ0v) is 10.1. The van der Waals surface area contributed by atoms with E-state index in [-0.39, 0.29) is 0 Å². The molecule has 0 bridgehead atoms. The Hall–Kier alpha value is -1.58. The molecule has 1 aromatic carbocycles. The molecule has 0 heterocycles. The highest BCUT2D eigenvalue weighted by Crippen LogP contribution is 2.31. The van der Waals surface area contributed by atoms with Crippen LogP contribution in [0.2, 0.25) is 0 Å². The molecule has 1 rings (SSSR count). The van der Waals surface area contributed by atoms with Crippen LogP contribution in [0.1, 0.15) is 20.8 Å². The van der Waals surface area contributed by atoms with E-state index >= 15 is 0 Å². The monoisotopic (exact) mass is 222 g/mol. The van der Waals surface area contributed by atoms with Gasteiger partial charge in [-0.3, -0.25) is 0 Å². The fourth-order valence-corrected chi connectivity index (χ4v) is 1.63. The number of hydrogen-bond donors (Lipinski definition) is 0. The lowest BCUT2D eigenvalue weighted by Gasteiger charge is -2.21. The molecule has 0 spiro atoms. The molecule has 0 aliphatic heterocycles. The molecule has 0 atom stereocenters. The minimum atomic E-state index is 0.359. The van der Waals surface area contributed by atoms with Crippen molar-refractivity contribution in [2.75, 3.05) is 24.6 Å². The molecule has 0 aromatic heterocycles. The number of rotatable bonds is 6. The molecule has 0 unspecified atom stereocenters. The van der Waals surface area contributed by atoms with E-state index in [9.17, 15) is 4.91 Å². The summed E-state index contributed by atoms with van der Waals surface area (Å²) in [6, 6.07) is 5.46. The van der Waals surface area contributed by atoms with Crippen LogP contribution in [-0.2, 0) is 0 Å². The molecule has 4 heteroatoms. The van der Waals surface area contributed by atoms with Gasteiger partial charge < -0.3 is 9.64 Å². The lowest BCUT2D eigenvalue weighted by molar-refractivity contribution is 0.341. The third-order valence-electron chi connectivity index (χ3n) is 2.47. The molecule has 0 fully saturated rings.